The van der Waals surface area contributed by atoms with E-state index < -0.39 is 0 Å². The Morgan fingerprint density at radius 1 is 1.36 bits per heavy atom. The standard InChI is InChI=1S/C11H9N3/c1-3-5-9(4-2)10-7-13-11(6-12)14-8-10/h3-5,7-8H,1-2H2/b9-5+. The topological polar surface area (TPSA) is 49.6 Å². The van der Waals surface area contributed by atoms with Crippen LogP contribution in [0.25, 0.3) is 5.57 Å². The molecule has 0 N–H and O–H groups in total. The van der Waals surface area contributed by atoms with Crippen molar-refractivity contribution in [3.63, 3.8) is 0 Å². The largest absolute Gasteiger partial charge is 0.232 e. The minimum absolute atomic E-state index is 0.163. The molecule has 1 heterocycles. The second-order valence-corrected chi connectivity index (χ2v) is 2.47. The molecule has 3 heteroatoms. The van der Waals surface area contributed by atoms with Crippen molar-refractivity contribution in [3.05, 3.63) is 55.2 Å². The van der Waals surface area contributed by atoms with E-state index in [-0.39, 0.29) is 5.82 Å². The molecule has 0 aliphatic heterocycles. The summed E-state index contributed by atoms with van der Waals surface area (Å²) in [6.45, 7) is 7.25. The molecular formula is C11H9N3. The van der Waals surface area contributed by atoms with Gasteiger partial charge in [0, 0.05) is 18.0 Å². The van der Waals surface area contributed by atoms with E-state index in [1.165, 1.54) is 0 Å². The lowest BCUT2D eigenvalue weighted by Gasteiger charge is -1.98. The lowest BCUT2D eigenvalue weighted by atomic mass is 10.1. The van der Waals surface area contributed by atoms with Crippen LogP contribution >= 0.6 is 0 Å². The van der Waals surface area contributed by atoms with Crippen molar-refractivity contribution in [2.24, 2.45) is 0 Å². The molecule has 0 fully saturated rings. The maximum atomic E-state index is 8.50. The summed E-state index contributed by atoms with van der Waals surface area (Å²) in [6.07, 6.45) is 8.32. The van der Waals surface area contributed by atoms with Crippen LogP contribution in [0.4, 0.5) is 0 Å². The summed E-state index contributed by atoms with van der Waals surface area (Å²) >= 11 is 0. The molecule has 0 aliphatic rings. The lowest BCUT2D eigenvalue weighted by molar-refractivity contribution is 1.10. The van der Waals surface area contributed by atoms with Crippen LogP contribution in [-0.4, -0.2) is 9.97 Å². The van der Waals surface area contributed by atoms with Gasteiger partial charge in [0.25, 0.3) is 0 Å². The van der Waals surface area contributed by atoms with Crippen LogP contribution in [0, 0.1) is 11.3 Å². The molecule has 68 valence electrons. The Labute approximate surface area is 82.7 Å². The first-order valence-electron chi connectivity index (χ1n) is 3.99. The molecule has 0 saturated carbocycles. The SMILES string of the molecule is C=C/C=C(\C=C)c1cnc(C#N)nc1. The van der Waals surface area contributed by atoms with E-state index in [0.29, 0.717) is 0 Å². The monoisotopic (exact) mass is 183 g/mol. The molecule has 0 spiro atoms. The lowest BCUT2D eigenvalue weighted by Crippen LogP contribution is -1.90. The van der Waals surface area contributed by atoms with Crippen molar-refractivity contribution >= 4 is 5.57 Å². The average molecular weight is 183 g/mol. The van der Waals surface area contributed by atoms with Gasteiger partial charge in [-0.25, -0.2) is 9.97 Å². The Hall–Kier alpha value is -2.21. The maximum Gasteiger partial charge on any atom is 0.232 e. The molecule has 0 amide bonds. The minimum atomic E-state index is 0.163. The molecule has 0 unspecified atom stereocenters. The quantitative estimate of drug-likeness (QED) is 0.674. The Morgan fingerprint density at radius 2 is 2.00 bits per heavy atom. The molecule has 0 aliphatic carbocycles. The molecule has 0 saturated heterocycles. The molecule has 0 atom stereocenters. The fraction of sp³-hybridized carbons (Fsp3) is 0. The molecule has 1 rings (SSSR count). The van der Waals surface area contributed by atoms with Crippen LogP contribution in [0.15, 0.2) is 43.8 Å². The van der Waals surface area contributed by atoms with Gasteiger partial charge in [0.1, 0.15) is 6.07 Å². The number of rotatable bonds is 3. The molecule has 0 aromatic carbocycles. The van der Waals surface area contributed by atoms with E-state index in [9.17, 15) is 0 Å². The first kappa shape index (κ1) is 9.87. The molecule has 14 heavy (non-hydrogen) atoms. The third-order valence-corrected chi connectivity index (χ3v) is 1.60. The summed E-state index contributed by atoms with van der Waals surface area (Å²) in [5.41, 5.74) is 1.70. The zero-order valence-corrected chi connectivity index (χ0v) is 7.64. The Balaban J connectivity index is 3.08. The molecule has 0 radical (unpaired) electrons. The normalized spacial score (nSPS) is 10.4. The summed E-state index contributed by atoms with van der Waals surface area (Å²) in [4.78, 5) is 7.71. The highest BCUT2D eigenvalue weighted by Crippen LogP contribution is 2.12. The third kappa shape index (κ3) is 2.14. The minimum Gasteiger partial charge on any atom is -0.227 e. The number of nitrogens with zero attached hydrogens (tertiary/aromatic N) is 3. The van der Waals surface area contributed by atoms with Crippen molar-refractivity contribution in [3.8, 4) is 6.07 Å². The Bertz CT molecular complexity index is 407. The smallest absolute Gasteiger partial charge is 0.227 e. The van der Waals surface area contributed by atoms with Crippen molar-refractivity contribution in [2.75, 3.05) is 0 Å². The van der Waals surface area contributed by atoms with Gasteiger partial charge in [-0.3, -0.25) is 0 Å². The van der Waals surface area contributed by atoms with Crippen LogP contribution in [0.5, 0.6) is 0 Å². The van der Waals surface area contributed by atoms with Crippen LogP contribution in [0.3, 0.4) is 0 Å². The summed E-state index contributed by atoms with van der Waals surface area (Å²) in [6, 6.07) is 1.86. The van der Waals surface area contributed by atoms with E-state index in [4.69, 9.17) is 5.26 Å². The molecule has 3 nitrogen and oxygen atoms in total. The van der Waals surface area contributed by atoms with Crippen LogP contribution in [-0.2, 0) is 0 Å². The number of allylic oxidation sites excluding steroid dienone is 4. The highest BCUT2D eigenvalue weighted by molar-refractivity contribution is 5.73. The van der Waals surface area contributed by atoms with Crippen LogP contribution < -0.4 is 0 Å². The fourth-order valence-corrected chi connectivity index (χ4v) is 0.944. The van der Waals surface area contributed by atoms with Crippen LogP contribution in [0.1, 0.15) is 11.4 Å². The van der Waals surface area contributed by atoms with Crippen molar-refractivity contribution in [1.29, 1.82) is 5.26 Å². The second kappa shape index (κ2) is 4.73. The summed E-state index contributed by atoms with van der Waals surface area (Å²) in [7, 11) is 0. The van der Waals surface area contributed by atoms with Gasteiger partial charge in [-0.15, -0.1) is 0 Å². The number of nitriles is 1. The van der Waals surface area contributed by atoms with E-state index in [1.807, 2.05) is 6.07 Å². The zero-order chi connectivity index (χ0) is 10.4. The van der Waals surface area contributed by atoms with Crippen molar-refractivity contribution < 1.29 is 0 Å². The van der Waals surface area contributed by atoms with Gasteiger partial charge in [-0.05, 0) is 5.57 Å². The fourth-order valence-electron chi connectivity index (χ4n) is 0.944. The molecule has 0 bridgehead atoms. The Morgan fingerprint density at radius 3 is 2.43 bits per heavy atom. The van der Waals surface area contributed by atoms with E-state index in [0.717, 1.165) is 11.1 Å². The average Bonchev–Trinajstić information content (AvgIpc) is 2.26. The van der Waals surface area contributed by atoms with Gasteiger partial charge in [0.05, 0.1) is 0 Å². The van der Waals surface area contributed by atoms with Crippen LogP contribution in [0.2, 0.25) is 0 Å². The third-order valence-electron chi connectivity index (χ3n) is 1.60. The predicted molar refractivity (Wildman–Crippen MR) is 55.1 cm³/mol. The van der Waals surface area contributed by atoms with Gasteiger partial charge in [-0.1, -0.05) is 31.4 Å². The van der Waals surface area contributed by atoms with Gasteiger partial charge < -0.3 is 0 Å². The molecule has 1 aromatic heterocycles. The highest BCUT2D eigenvalue weighted by atomic mass is 14.9. The van der Waals surface area contributed by atoms with E-state index >= 15 is 0 Å². The van der Waals surface area contributed by atoms with Gasteiger partial charge in [-0.2, -0.15) is 5.26 Å². The predicted octanol–water partition coefficient (Wildman–Crippen LogP) is 2.10. The first-order chi connectivity index (χ1) is 6.81. The van der Waals surface area contributed by atoms with Crippen molar-refractivity contribution in [2.45, 2.75) is 0 Å². The molecule has 1 aromatic rings. The highest BCUT2D eigenvalue weighted by Gasteiger charge is 1.98. The van der Waals surface area contributed by atoms with E-state index in [1.54, 1.807) is 30.6 Å². The second-order valence-electron chi connectivity index (χ2n) is 2.47. The van der Waals surface area contributed by atoms with Gasteiger partial charge in [0.15, 0.2) is 0 Å². The van der Waals surface area contributed by atoms with E-state index in [2.05, 4.69) is 23.1 Å². The van der Waals surface area contributed by atoms with Gasteiger partial charge in [0.2, 0.25) is 5.82 Å². The maximum absolute atomic E-state index is 8.50. The summed E-state index contributed by atoms with van der Waals surface area (Å²) < 4.78 is 0. The zero-order valence-electron chi connectivity index (χ0n) is 7.64. The van der Waals surface area contributed by atoms with Gasteiger partial charge >= 0.3 is 0 Å². The number of hydrogen-bond donors (Lipinski definition) is 0. The first-order valence-corrected chi connectivity index (χ1v) is 3.99. The number of aromatic nitrogens is 2. The number of hydrogen-bond acceptors (Lipinski definition) is 3. The Kier molecular flexibility index (Phi) is 3.33. The van der Waals surface area contributed by atoms with Crippen molar-refractivity contribution in [1.82, 2.24) is 9.97 Å². The summed E-state index contributed by atoms with van der Waals surface area (Å²) in [5, 5.41) is 8.50. The molecular weight excluding hydrogens is 174 g/mol. The summed E-state index contributed by atoms with van der Waals surface area (Å²) in [5.74, 6) is 0.163.